The predicted molar refractivity (Wildman–Crippen MR) is 88.0 cm³/mol. The first-order chi connectivity index (χ1) is 11.0. The predicted octanol–water partition coefficient (Wildman–Crippen LogP) is 4.78. The molecule has 4 nitrogen and oxygen atoms in total. The lowest BCUT2D eigenvalue weighted by Gasteiger charge is -2.20. The first kappa shape index (κ1) is 16.2. The normalized spacial score (nSPS) is 12.8. The van der Waals surface area contributed by atoms with Crippen molar-refractivity contribution in [1.29, 1.82) is 0 Å². The summed E-state index contributed by atoms with van der Waals surface area (Å²) in [6.07, 6.45) is 0. The Balaban J connectivity index is 1.71. The van der Waals surface area contributed by atoms with Crippen molar-refractivity contribution in [2.24, 2.45) is 0 Å². The van der Waals surface area contributed by atoms with Crippen LogP contribution in [0.4, 0.5) is 0 Å². The number of hydrogen-bond acceptors (Lipinski definition) is 4. The fourth-order valence-corrected chi connectivity index (χ4v) is 2.69. The smallest absolute Gasteiger partial charge is 0.338 e. The van der Waals surface area contributed by atoms with Crippen LogP contribution in [-0.4, -0.2) is 19.2 Å². The largest absolute Gasteiger partial charge is 0.486 e. The maximum atomic E-state index is 12.0. The second kappa shape index (κ2) is 6.87. The molecule has 0 amide bonds. The molecule has 120 valence electrons. The number of fused-ring (bicyclic) bond motifs is 1. The monoisotopic (exact) mass is 372 g/mol. The van der Waals surface area contributed by atoms with E-state index in [9.17, 15) is 4.79 Å². The van der Waals surface area contributed by atoms with Crippen LogP contribution in [0.1, 0.15) is 15.9 Å². The van der Waals surface area contributed by atoms with E-state index in [0.717, 1.165) is 0 Å². The second-order valence-corrected chi connectivity index (χ2v) is 6.03. The number of ether oxygens (including phenoxy) is 3. The Morgan fingerprint density at radius 1 is 1.00 bits per heavy atom. The summed E-state index contributed by atoms with van der Waals surface area (Å²) in [5, 5.41) is 1.09. The van der Waals surface area contributed by atoms with Gasteiger partial charge in [0.05, 0.1) is 20.6 Å². The fraction of sp³-hybridized carbons (Fsp3) is 0.188. The molecule has 3 rings (SSSR count). The van der Waals surface area contributed by atoms with Crippen molar-refractivity contribution in [1.82, 2.24) is 0 Å². The third kappa shape index (κ3) is 3.66. The van der Waals surface area contributed by atoms with Gasteiger partial charge in [-0.3, -0.25) is 0 Å². The second-order valence-electron chi connectivity index (χ2n) is 4.81. The highest BCUT2D eigenvalue weighted by Gasteiger charge is 2.17. The lowest BCUT2D eigenvalue weighted by atomic mass is 10.2. The van der Waals surface area contributed by atoms with Gasteiger partial charge in [0.2, 0.25) is 0 Å². The first-order valence-corrected chi connectivity index (χ1v) is 7.88. The van der Waals surface area contributed by atoms with Gasteiger partial charge in [-0.15, -0.1) is 0 Å². The van der Waals surface area contributed by atoms with Gasteiger partial charge in [-0.1, -0.05) is 34.8 Å². The van der Waals surface area contributed by atoms with Gasteiger partial charge in [0.25, 0.3) is 0 Å². The summed E-state index contributed by atoms with van der Waals surface area (Å²) in [4.78, 5) is 12.0. The minimum atomic E-state index is -0.505. The molecule has 1 aliphatic heterocycles. The van der Waals surface area contributed by atoms with E-state index in [4.69, 9.17) is 49.0 Å². The minimum absolute atomic E-state index is 0.0510. The van der Waals surface area contributed by atoms with E-state index in [2.05, 4.69) is 0 Å². The summed E-state index contributed by atoms with van der Waals surface area (Å²) in [7, 11) is 0. The molecule has 2 aromatic rings. The van der Waals surface area contributed by atoms with Gasteiger partial charge in [0.15, 0.2) is 11.5 Å². The van der Waals surface area contributed by atoms with Crippen LogP contribution in [0.3, 0.4) is 0 Å². The summed E-state index contributed by atoms with van der Waals surface area (Å²) in [6.45, 7) is 0.962. The molecule has 23 heavy (non-hydrogen) atoms. The van der Waals surface area contributed by atoms with Crippen molar-refractivity contribution in [2.45, 2.75) is 6.61 Å². The van der Waals surface area contributed by atoms with Gasteiger partial charge < -0.3 is 14.2 Å². The molecule has 0 N–H and O–H groups in total. The molecule has 0 fully saturated rings. The van der Waals surface area contributed by atoms with Crippen molar-refractivity contribution in [2.75, 3.05) is 13.2 Å². The Morgan fingerprint density at radius 3 is 2.57 bits per heavy atom. The molecule has 0 saturated carbocycles. The third-order valence-corrected chi connectivity index (χ3v) is 4.20. The molecular formula is C16H11Cl3O4. The van der Waals surface area contributed by atoms with E-state index < -0.39 is 5.97 Å². The van der Waals surface area contributed by atoms with Crippen LogP contribution >= 0.6 is 34.8 Å². The maximum Gasteiger partial charge on any atom is 0.338 e. The highest BCUT2D eigenvalue weighted by Crippen LogP contribution is 2.38. The molecule has 2 aromatic carbocycles. The zero-order valence-electron chi connectivity index (χ0n) is 11.8. The maximum absolute atomic E-state index is 12.0. The van der Waals surface area contributed by atoms with Crippen molar-refractivity contribution < 1.29 is 19.0 Å². The molecule has 0 aromatic heterocycles. The highest BCUT2D eigenvalue weighted by atomic mass is 35.5. The van der Waals surface area contributed by atoms with Gasteiger partial charge in [-0.05, 0) is 35.9 Å². The van der Waals surface area contributed by atoms with Gasteiger partial charge >= 0.3 is 5.97 Å². The summed E-state index contributed by atoms with van der Waals surface area (Å²) in [5.41, 5.74) is 1.02. The molecule has 0 radical (unpaired) electrons. The number of esters is 1. The third-order valence-electron chi connectivity index (χ3n) is 3.18. The zero-order chi connectivity index (χ0) is 16.4. The number of halogens is 3. The molecule has 0 spiro atoms. The highest BCUT2D eigenvalue weighted by molar-refractivity contribution is 6.42. The molecule has 1 aliphatic rings. The molecule has 0 bridgehead atoms. The molecule has 0 aliphatic carbocycles. The van der Waals surface area contributed by atoms with E-state index in [0.29, 0.717) is 50.9 Å². The lowest BCUT2D eigenvalue weighted by molar-refractivity contribution is 0.0472. The van der Waals surface area contributed by atoms with E-state index in [1.165, 1.54) is 6.07 Å². The van der Waals surface area contributed by atoms with E-state index in [1.54, 1.807) is 24.3 Å². The topological polar surface area (TPSA) is 44.8 Å². The molecular weight excluding hydrogens is 363 g/mol. The van der Waals surface area contributed by atoms with Gasteiger partial charge in [0, 0.05) is 0 Å². The van der Waals surface area contributed by atoms with Crippen LogP contribution in [0.5, 0.6) is 11.5 Å². The summed E-state index contributed by atoms with van der Waals surface area (Å²) < 4.78 is 16.2. The summed E-state index contributed by atoms with van der Waals surface area (Å²) >= 11 is 17.8. The number of hydrogen-bond donors (Lipinski definition) is 0. The zero-order valence-corrected chi connectivity index (χ0v) is 14.0. The van der Waals surface area contributed by atoms with Crippen LogP contribution in [0.15, 0.2) is 30.3 Å². The number of rotatable bonds is 3. The molecule has 1 heterocycles. The molecule has 0 atom stereocenters. The standard InChI is InChI=1S/C16H11Cl3O4/c17-11-2-1-10(7-12(11)18)16(20)23-8-9-5-13(19)15-14(6-9)21-3-4-22-15/h1-2,5-7H,3-4,8H2. The minimum Gasteiger partial charge on any atom is -0.486 e. The number of carbonyl (C=O) groups excluding carboxylic acids is 1. The van der Waals surface area contributed by atoms with E-state index in [1.807, 2.05) is 0 Å². The Kier molecular flexibility index (Phi) is 4.85. The van der Waals surface area contributed by atoms with Gasteiger partial charge in [0.1, 0.15) is 19.8 Å². The SMILES string of the molecule is O=C(OCc1cc(Cl)c2c(c1)OCCO2)c1ccc(Cl)c(Cl)c1. The lowest BCUT2D eigenvalue weighted by Crippen LogP contribution is -2.16. The van der Waals surface area contributed by atoms with E-state index in [-0.39, 0.29) is 6.61 Å². The Hall–Kier alpha value is -1.62. The van der Waals surface area contributed by atoms with Crippen LogP contribution in [-0.2, 0) is 11.3 Å². The average molecular weight is 374 g/mol. The molecule has 0 unspecified atom stereocenters. The van der Waals surface area contributed by atoms with Crippen molar-refractivity contribution in [3.63, 3.8) is 0 Å². The Labute approximate surface area is 147 Å². The Morgan fingerprint density at radius 2 is 1.78 bits per heavy atom. The van der Waals surface area contributed by atoms with Crippen LogP contribution in [0.2, 0.25) is 15.1 Å². The summed E-state index contributed by atoms with van der Waals surface area (Å²) in [5.74, 6) is 0.552. The van der Waals surface area contributed by atoms with Crippen LogP contribution < -0.4 is 9.47 Å². The first-order valence-electron chi connectivity index (χ1n) is 6.75. The van der Waals surface area contributed by atoms with Crippen molar-refractivity contribution >= 4 is 40.8 Å². The average Bonchev–Trinajstić information content (AvgIpc) is 2.55. The molecule has 7 heteroatoms. The van der Waals surface area contributed by atoms with E-state index >= 15 is 0 Å². The van der Waals surface area contributed by atoms with Crippen molar-refractivity contribution in [3.05, 3.63) is 56.5 Å². The van der Waals surface area contributed by atoms with Gasteiger partial charge in [-0.25, -0.2) is 4.79 Å². The Bertz CT molecular complexity index is 761. The van der Waals surface area contributed by atoms with Crippen LogP contribution in [0, 0.1) is 0 Å². The van der Waals surface area contributed by atoms with Gasteiger partial charge in [-0.2, -0.15) is 0 Å². The van der Waals surface area contributed by atoms with Crippen LogP contribution in [0.25, 0.3) is 0 Å². The van der Waals surface area contributed by atoms with Crippen molar-refractivity contribution in [3.8, 4) is 11.5 Å². The summed E-state index contributed by atoms with van der Waals surface area (Å²) in [6, 6.07) is 7.97. The number of benzene rings is 2. The number of carbonyl (C=O) groups is 1. The fourth-order valence-electron chi connectivity index (χ4n) is 2.10. The quantitative estimate of drug-likeness (QED) is 0.727. The molecule has 0 saturated heterocycles.